The Morgan fingerprint density at radius 3 is 2.54 bits per heavy atom. The number of nitrogens with one attached hydrogen (secondary N) is 2. The second kappa shape index (κ2) is 7.03. The zero-order chi connectivity index (χ0) is 17.8. The second-order valence-electron chi connectivity index (χ2n) is 5.60. The van der Waals surface area contributed by atoms with Crippen LogP contribution in [0, 0.1) is 12.3 Å². The van der Waals surface area contributed by atoms with Crippen LogP contribution < -0.4 is 10.0 Å². The van der Waals surface area contributed by atoms with Crippen molar-refractivity contribution in [2.45, 2.75) is 36.1 Å². The number of carbonyl (C=O) groups excluding carboxylic acids is 1. The van der Waals surface area contributed by atoms with Gasteiger partial charge in [-0.2, -0.15) is 4.72 Å². The molecule has 0 bridgehead atoms. The van der Waals surface area contributed by atoms with Crippen LogP contribution in [0.5, 0.6) is 0 Å². The quantitative estimate of drug-likeness (QED) is 0.655. The Bertz CT molecular complexity index is 789. The van der Waals surface area contributed by atoms with Crippen LogP contribution in [0.4, 0.5) is 0 Å². The predicted octanol–water partition coefficient (Wildman–Crippen LogP) is 0.725. The summed E-state index contributed by atoms with van der Waals surface area (Å²) in [6.07, 6.45) is 7.18. The van der Waals surface area contributed by atoms with E-state index in [4.69, 9.17) is 6.42 Å². The Morgan fingerprint density at radius 1 is 1.29 bits per heavy atom. The van der Waals surface area contributed by atoms with Crippen molar-refractivity contribution in [3.63, 3.8) is 0 Å². The number of hydrogen-bond acceptors (Lipinski definition) is 4. The lowest BCUT2D eigenvalue weighted by Gasteiger charge is -2.25. The molecule has 128 valence electrons. The van der Waals surface area contributed by atoms with Gasteiger partial charge in [0.25, 0.3) is 5.91 Å². The molecule has 7 nitrogen and oxygen atoms in total. The van der Waals surface area contributed by atoms with Crippen LogP contribution in [0.1, 0.15) is 36.0 Å². The number of carboxylic acid groups (broad SMARTS) is 1. The van der Waals surface area contributed by atoms with E-state index < -0.39 is 27.4 Å². The van der Waals surface area contributed by atoms with Crippen LogP contribution >= 0.6 is 0 Å². The molecule has 2 rings (SSSR count). The average Bonchev–Trinajstić information content (AvgIpc) is 3.03. The lowest BCUT2D eigenvalue weighted by molar-refractivity contribution is -0.144. The summed E-state index contributed by atoms with van der Waals surface area (Å²) in [5.41, 5.74) is -1.21. The number of terminal acetylenes is 1. The molecule has 0 radical (unpaired) electrons. The van der Waals surface area contributed by atoms with Crippen molar-refractivity contribution in [1.29, 1.82) is 0 Å². The highest BCUT2D eigenvalue weighted by molar-refractivity contribution is 7.89. The first-order valence-electron chi connectivity index (χ1n) is 7.40. The Labute approximate surface area is 140 Å². The summed E-state index contributed by atoms with van der Waals surface area (Å²) in [7, 11) is -3.83. The molecule has 1 aromatic carbocycles. The Balaban J connectivity index is 2.24. The Morgan fingerprint density at radius 2 is 1.96 bits per heavy atom. The molecule has 1 saturated carbocycles. The van der Waals surface area contributed by atoms with E-state index in [1.807, 2.05) is 0 Å². The molecule has 0 unspecified atom stereocenters. The summed E-state index contributed by atoms with van der Waals surface area (Å²) in [5, 5.41) is 11.9. The molecule has 0 aromatic heterocycles. The number of sulfonamides is 1. The number of hydrogen-bond donors (Lipinski definition) is 3. The van der Waals surface area contributed by atoms with E-state index in [0.717, 1.165) is 12.8 Å². The average molecular weight is 350 g/mol. The van der Waals surface area contributed by atoms with E-state index in [-0.39, 0.29) is 17.0 Å². The predicted molar refractivity (Wildman–Crippen MR) is 86.8 cm³/mol. The van der Waals surface area contributed by atoms with Crippen LogP contribution in [-0.2, 0) is 14.8 Å². The highest BCUT2D eigenvalue weighted by atomic mass is 32.2. The van der Waals surface area contributed by atoms with Gasteiger partial charge >= 0.3 is 5.97 Å². The van der Waals surface area contributed by atoms with Crippen LogP contribution in [0.25, 0.3) is 0 Å². The van der Waals surface area contributed by atoms with E-state index in [0.29, 0.717) is 12.8 Å². The largest absolute Gasteiger partial charge is 0.480 e. The summed E-state index contributed by atoms with van der Waals surface area (Å²) in [5.74, 6) is 0.468. The zero-order valence-corrected chi connectivity index (χ0v) is 13.7. The van der Waals surface area contributed by atoms with Crippen LogP contribution in [0.15, 0.2) is 29.2 Å². The molecular weight excluding hydrogens is 332 g/mol. The van der Waals surface area contributed by atoms with Crippen molar-refractivity contribution in [3.8, 4) is 12.3 Å². The molecule has 1 aliphatic carbocycles. The van der Waals surface area contributed by atoms with E-state index in [2.05, 4.69) is 16.0 Å². The Hall–Kier alpha value is -2.37. The lowest BCUT2D eigenvalue weighted by Crippen LogP contribution is -2.52. The molecule has 1 aliphatic rings. The molecule has 0 heterocycles. The number of carboxylic acids is 1. The van der Waals surface area contributed by atoms with E-state index in [9.17, 15) is 23.1 Å². The van der Waals surface area contributed by atoms with Crippen LogP contribution in [-0.4, -0.2) is 37.5 Å². The molecule has 1 amide bonds. The molecule has 3 N–H and O–H groups in total. The fraction of sp³-hybridized carbons (Fsp3) is 0.375. The summed E-state index contributed by atoms with van der Waals surface area (Å²) in [4.78, 5) is 23.8. The van der Waals surface area contributed by atoms with Crippen molar-refractivity contribution in [3.05, 3.63) is 29.8 Å². The minimum absolute atomic E-state index is 0.0751. The normalized spacial score (nSPS) is 16.3. The van der Waals surface area contributed by atoms with Gasteiger partial charge < -0.3 is 10.4 Å². The minimum Gasteiger partial charge on any atom is -0.480 e. The molecule has 0 atom stereocenters. The lowest BCUT2D eigenvalue weighted by atomic mass is 9.97. The summed E-state index contributed by atoms with van der Waals surface area (Å²) in [6, 6.07) is 5.37. The van der Waals surface area contributed by atoms with Crippen LogP contribution in [0.2, 0.25) is 0 Å². The number of rotatable bonds is 6. The van der Waals surface area contributed by atoms with Gasteiger partial charge in [0.1, 0.15) is 5.54 Å². The molecule has 1 fully saturated rings. The highest BCUT2D eigenvalue weighted by Crippen LogP contribution is 2.30. The number of aliphatic carboxylic acids is 1. The second-order valence-corrected chi connectivity index (χ2v) is 7.37. The van der Waals surface area contributed by atoms with Crippen molar-refractivity contribution < 1.29 is 23.1 Å². The first-order chi connectivity index (χ1) is 11.3. The van der Waals surface area contributed by atoms with Gasteiger partial charge in [-0.1, -0.05) is 24.8 Å². The molecule has 1 aromatic rings. The maximum atomic E-state index is 12.4. The van der Waals surface area contributed by atoms with Gasteiger partial charge in [-0.15, -0.1) is 6.42 Å². The van der Waals surface area contributed by atoms with E-state index >= 15 is 0 Å². The monoisotopic (exact) mass is 350 g/mol. The Kier molecular flexibility index (Phi) is 5.26. The van der Waals surface area contributed by atoms with Gasteiger partial charge in [0.2, 0.25) is 10.0 Å². The van der Waals surface area contributed by atoms with Crippen molar-refractivity contribution >= 4 is 21.9 Å². The number of benzene rings is 1. The van der Waals surface area contributed by atoms with Crippen molar-refractivity contribution in [2.24, 2.45) is 0 Å². The van der Waals surface area contributed by atoms with Gasteiger partial charge in [-0.05, 0) is 31.0 Å². The van der Waals surface area contributed by atoms with E-state index in [1.54, 1.807) is 0 Å². The van der Waals surface area contributed by atoms with Gasteiger partial charge in [0, 0.05) is 5.56 Å². The first-order valence-corrected chi connectivity index (χ1v) is 8.88. The van der Waals surface area contributed by atoms with E-state index in [1.165, 1.54) is 24.3 Å². The first kappa shape index (κ1) is 18.0. The van der Waals surface area contributed by atoms with Gasteiger partial charge in [-0.3, -0.25) is 4.79 Å². The maximum Gasteiger partial charge on any atom is 0.329 e. The minimum atomic E-state index is -3.83. The smallest absolute Gasteiger partial charge is 0.329 e. The van der Waals surface area contributed by atoms with Crippen molar-refractivity contribution in [1.82, 2.24) is 10.0 Å². The third-order valence-electron chi connectivity index (χ3n) is 3.99. The third kappa shape index (κ3) is 3.75. The number of carbonyl (C=O) groups is 2. The molecular formula is C16H18N2O5S. The molecule has 0 spiro atoms. The summed E-state index contributed by atoms with van der Waals surface area (Å²) in [6.45, 7) is -0.166. The van der Waals surface area contributed by atoms with Gasteiger partial charge in [0.15, 0.2) is 0 Å². The summed E-state index contributed by atoms with van der Waals surface area (Å²) < 4.78 is 26.3. The molecule has 0 saturated heterocycles. The highest BCUT2D eigenvalue weighted by Gasteiger charge is 2.42. The zero-order valence-electron chi connectivity index (χ0n) is 12.9. The van der Waals surface area contributed by atoms with Crippen molar-refractivity contribution in [2.75, 3.05) is 6.54 Å². The van der Waals surface area contributed by atoms with Crippen LogP contribution in [0.3, 0.4) is 0 Å². The maximum absolute atomic E-state index is 12.4. The fourth-order valence-corrected chi connectivity index (χ4v) is 3.66. The molecule has 24 heavy (non-hydrogen) atoms. The topological polar surface area (TPSA) is 113 Å². The molecule has 8 heteroatoms. The third-order valence-corrected chi connectivity index (χ3v) is 5.39. The van der Waals surface area contributed by atoms with Gasteiger partial charge in [-0.25, -0.2) is 13.2 Å². The number of amides is 1. The standard InChI is InChI=1S/C16H18N2O5S/c1-2-10-17-24(22,23)13-7-5-6-12(11-13)14(19)18-16(15(20)21)8-3-4-9-16/h1,5-7,11,17H,3-4,8-10H2,(H,18,19)(H,20,21). The SMILES string of the molecule is C#CCNS(=O)(=O)c1cccc(C(=O)NC2(C(=O)O)CCCC2)c1. The fourth-order valence-electron chi connectivity index (χ4n) is 2.68. The molecule has 0 aliphatic heterocycles. The van der Waals surface area contributed by atoms with Gasteiger partial charge in [0.05, 0.1) is 11.4 Å². The summed E-state index contributed by atoms with van der Waals surface area (Å²) >= 11 is 0.